The number of hydrogen-bond donors (Lipinski definition) is 2. The van der Waals surface area contributed by atoms with Crippen molar-refractivity contribution in [1.82, 2.24) is 5.16 Å². The van der Waals surface area contributed by atoms with Crippen molar-refractivity contribution in [3.63, 3.8) is 0 Å². The Morgan fingerprint density at radius 3 is 2.53 bits per heavy atom. The molecule has 0 amide bonds. The summed E-state index contributed by atoms with van der Waals surface area (Å²) in [7, 11) is 1.50. The molecule has 0 aliphatic heterocycles. The average Bonchev–Trinajstić information content (AvgIpc) is 2.73. The number of methoxy groups -OCH3 is 1. The molecule has 0 saturated heterocycles. The van der Waals surface area contributed by atoms with Gasteiger partial charge >= 0.3 is 0 Å². The minimum atomic E-state index is 0.142. The van der Waals surface area contributed by atoms with Crippen LogP contribution in [0.2, 0.25) is 0 Å². The number of nitrogens with two attached hydrogens (primary N) is 1. The molecule has 0 atom stereocenters. The fourth-order valence-electron chi connectivity index (χ4n) is 1.76. The number of hydrogen-bond acceptors (Lipinski definition) is 5. The first-order valence-electron chi connectivity index (χ1n) is 5.14. The van der Waals surface area contributed by atoms with Gasteiger partial charge in [-0.2, -0.15) is 0 Å². The zero-order valence-corrected chi connectivity index (χ0v) is 9.94. The van der Waals surface area contributed by atoms with E-state index in [0.717, 1.165) is 16.7 Å². The summed E-state index contributed by atoms with van der Waals surface area (Å²) in [5.74, 6) is 0.799. The van der Waals surface area contributed by atoms with Crippen molar-refractivity contribution in [3.8, 4) is 22.6 Å². The molecule has 5 heteroatoms. The predicted molar refractivity (Wildman–Crippen MR) is 64.0 cm³/mol. The third kappa shape index (κ3) is 1.69. The van der Waals surface area contributed by atoms with Gasteiger partial charge in [0.2, 0.25) is 5.88 Å². The minimum Gasteiger partial charge on any atom is -0.504 e. The molecular weight excluding hydrogens is 220 g/mol. The van der Waals surface area contributed by atoms with E-state index >= 15 is 0 Å². The summed E-state index contributed by atoms with van der Waals surface area (Å²) < 4.78 is 9.96. The lowest BCUT2D eigenvalue weighted by Gasteiger charge is -2.13. The van der Waals surface area contributed by atoms with Crippen molar-refractivity contribution in [2.24, 2.45) is 0 Å². The second kappa shape index (κ2) is 4.01. The molecule has 90 valence electrons. The number of anilines is 1. The van der Waals surface area contributed by atoms with Crippen LogP contribution >= 0.6 is 0 Å². The third-order valence-corrected chi connectivity index (χ3v) is 2.94. The van der Waals surface area contributed by atoms with Crippen LogP contribution < -0.4 is 10.5 Å². The first-order chi connectivity index (χ1) is 8.06. The highest BCUT2D eigenvalue weighted by atomic mass is 16.5. The van der Waals surface area contributed by atoms with Crippen molar-refractivity contribution in [2.75, 3.05) is 12.8 Å². The van der Waals surface area contributed by atoms with Gasteiger partial charge in [0.25, 0.3) is 0 Å². The topological polar surface area (TPSA) is 81.5 Å². The van der Waals surface area contributed by atoms with E-state index in [9.17, 15) is 5.11 Å². The maximum absolute atomic E-state index is 9.87. The normalized spacial score (nSPS) is 10.5. The summed E-state index contributed by atoms with van der Waals surface area (Å²) in [6.45, 7) is 3.72. The number of aromatic hydroxyl groups is 1. The predicted octanol–water partition coefficient (Wildman–Crippen LogP) is 2.25. The number of phenols is 1. The summed E-state index contributed by atoms with van der Waals surface area (Å²) in [4.78, 5) is 0. The summed E-state index contributed by atoms with van der Waals surface area (Å²) in [6.07, 6.45) is 1.55. The average molecular weight is 234 g/mol. The Hall–Kier alpha value is -2.17. The van der Waals surface area contributed by atoms with Crippen LogP contribution in [0.4, 0.5) is 5.88 Å². The number of nitrogen functional groups attached to an aromatic ring is 1. The lowest BCUT2D eigenvalue weighted by molar-refractivity contribution is 0.371. The van der Waals surface area contributed by atoms with E-state index in [1.807, 2.05) is 13.8 Å². The smallest absolute Gasteiger partial charge is 0.229 e. The molecule has 0 unspecified atom stereocenters. The SMILES string of the molecule is COc1cc(-c2cnoc2N)c(C)c(C)c1O. The molecule has 5 nitrogen and oxygen atoms in total. The lowest BCUT2D eigenvalue weighted by Crippen LogP contribution is -1.94. The molecule has 2 aromatic rings. The van der Waals surface area contributed by atoms with Gasteiger partial charge in [-0.15, -0.1) is 0 Å². The van der Waals surface area contributed by atoms with Gasteiger partial charge in [-0.25, -0.2) is 0 Å². The summed E-state index contributed by atoms with van der Waals surface area (Å²) in [5.41, 5.74) is 8.90. The Kier molecular flexibility index (Phi) is 2.67. The van der Waals surface area contributed by atoms with Gasteiger partial charge in [0, 0.05) is 0 Å². The van der Waals surface area contributed by atoms with Crippen molar-refractivity contribution < 1.29 is 14.4 Å². The Balaban J connectivity index is 2.71. The van der Waals surface area contributed by atoms with Crippen LogP contribution in [-0.2, 0) is 0 Å². The fourth-order valence-corrected chi connectivity index (χ4v) is 1.76. The minimum absolute atomic E-state index is 0.142. The largest absolute Gasteiger partial charge is 0.504 e. The van der Waals surface area contributed by atoms with Crippen LogP contribution in [0, 0.1) is 13.8 Å². The van der Waals surface area contributed by atoms with Crippen LogP contribution in [0.25, 0.3) is 11.1 Å². The van der Waals surface area contributed by atoms with Gasteiger partial charge in [0.1, 0.15) is 0 Å². The van der Waals surface area contributed by atoms with Crippen LogP contribution in [0.3, 0.4) is 0 Å². The zero-order valence-electron chi connectivity index (χ0n) is 9.94. The van der Waals surface area contributed by atoms with Gasteiger partial charge in [-0.1, -0.05) is 5.16 Å². The Bertz CT molecular complexity index is 561. The standard InChI is InChI=1S/C12H14N2O3/c1-6-7(2)11(15)10(16-3)4-8(6)9-5-14-17-12(9)13/h4-5,15H,13H2,1-3H3. The number of benzene rings is 1. The molecule has 0 aliphatic carbocycles. The van der Waals surface area contributed by atoms with Gasteiger partial charge < -0.3 is 20.1 Å². The van der Waals surface area contributed by atoms with Crippen LogP contribution in [-0.4, -0.2) is 17.4 Å². The highest BCUT2D eigenvalue weighted by Gasteiger charge is 2.16. The number of ether oxygens (including phenoxy) is 1. The van der Waals surface area contributed by atoms with E-state index in [1.54, 1.807) is 12.3 Å². The molecule has 0 fully saturated rings. The zero-order chi connectivity index (χ0) is 12.6. The van der Waals surface area contributed by atoms with Crippen LogP contribution in [0.1, 0.15) is 11.1 Å². The first-order valence-corrected chi connectivity index (χ1v) is 5.14. The number of aromatic nitrogens is 1. The van der Waals surface area contributed by atoms with Crippen LogP contribution in [0.5, 0.6) is 11.5 Å². The molecule has 1 aromatic heterocycles. The molecule has 1 aromatic carbocycles. The molecule has 2 rings (SSSR count). The van der Waals surface area contributed by atoms with Gasteiger partial charge in [0.15, 0.2) is 11.5 Å². The maximum Gasteiger partial charge on any atom is 0.229 e. The third-order valence-electron chi connectivity index (χ3n) is 2.94. The Morgan fingerprint density at radius 2 is 2.00 bits per heavy atom. The molecule has 0 spiro atoms. The second-order valence-corrected chi connectivity index (χ2v) is 3.83. The monoisotopic (exact) mass is 234 g/mol. The van der Waals surface area contributed by atoms with E-state index < -0.39 is 0 Å². The molecule has 0 radical (unpaired) electrons. The highest BCUT2D eigenvalue weighted by molar-refractivity contribution is 5.78. The molecule has 0 saturated carbocycles. The Labute approximate surface area is 98.8 Å². The van der Waals surface area contributed by atoms with E-state index in [2.05, 4.69) is 5.16 Å². The Morgan fingerprint density at radius 1 is 1.29 bits per heavy atom. The van der Waals surface area contributed by atoms with Gasteiger partial charge in [-0.3, -0.25) is 0 Å². The molecular formula is C12H14N2O3. The lowest BCUT2D eigenvalue weighted by atomic mass is 9.97. The van der Waals surface area contributed by atoms with Crippen molar-refractivity contribution in [2.45, 2.75) is 13.8 Å². The highest BCUT2D eigenvalue weighted by Crippen LogP contribution is 2.39. The van der Waals surface area contributed by atoms with Crippen molar-refractivity contribution >= 4 is 5.88 Å². The van der Waals surface area contributed by atoms with E-state index in [4.69, 9.17) is 15.0 Å². The summed E-state index contributed by atoms with van der Waals surface area (Å²) >= 11 is 0. The molecule has 0 aliphatic rings. The summed E-state index contributed by atoms with van der Waals surface area (Å²) in [6, 6.07) is 1.72. The second-order valence-electron chi connectivity index (χ2n) is 3.83. The van der Waals surface area contributed by atoms with E-state index in [0.29, 0.717) is 11.3 Å². The number of rotatable bonds is 2. The maximum atomic E-state index is 9.87. The molecule has 3 N–H and O–H groups in total. The van der Waals surface area contributed by atoms with Gasteiger partial charge in [0.05, 0.1) is 18.9 Å². The number of nitrogens with zero attached hydrogens (tertiary/aromatic N) is 1. The number of phenolic OH excluding ortho intramolecular Hbond substituents is 1. The summed E-state index contributed by atoms with van der Waals surface area (Å²) in [5, 5.41) is 13.5. The van der Waals surface area contributed by atoms with E-state index in [-0.39, 0.29) is 11.6 Å². The molecule has 0 bridgehead atoms. The van der Waals surface area contributed by atoms with Crippen LogP contribution in [0.15, 0.2) is 16.8 Å². The molecule has 1 heterocycles. The quantitative estimate of drug-likeness (QED) is 0.832. The fraction of sp³-hybridized carbons (Fsp3) is 0.250. The van der Waals surface area contributed by atoms with E-state index in [1.165, 1.54) is 7.11 Å². The first kappa shape index (κ1) is 11.3. The van der Waals surface area contributed by atoms with Crippen molar-refractivity contribution in [3.05, 3.63) is 23.4 Å². The van der Waals surface area contributed by atoms with Gasteiger partial charge in [-0.05, 0) is 36.6 Å². The molecule has 17 heavy (non-hydrogen) atoms. The van der Waals surface area contributed by atoms with Crippen molar-refractivity contribution in [1.29, 1.82) is 0 Å².